The third-order valence-corrected chi connectivity index (χ3v) is 1.96. The first-order valence-corrected chi connectivity index (χ1v) is 5.31. The van der Waals surface area contributed by atoms with Gasteiger partial charge < -0.3 is 10.5 Å². The van der Waals surface area contributed by atoms with E-state index in [1.54, 1.807) is 13.8 Å². The van der Waals surface area contributed by atoms with E-state index in [9.17, 15) is 9.59 Å². The molecule has 1 atom stereocenters. The molecule has 0 aliphatic carbocycles. The minimum atomic E-state index is -0.746. The van der Waals surface area contributed by atoms with E-state index in [-0.39, 0.29) is 5.97 Å². The summed E-state index contributed by atoms with van der Waals surface area (Å²) in [5.41, 5.74) is 7.60. The van der Waals surface area contributed by atoms with E-state index in [4.69, 9.17) is 10.5 Å². The predicted octanol–water partition coefficient (Wildman–Crippen LogP) is 1.01. The molecule has 2 amide bonds. The van der Waals surface area contributed by atoms with Crippen molar-refractivity contribution in [1.82, 2.24) is 5.43 Å². The summed E-state index contributed by atoms with van der Waals surface area (Å²) >= 11 is 0. The lowest BCUT2D eigenvalue weighted by Crippen LogP contribution is -2.30. The predicted molar refractivity (Wildman–Crippen MR) is 60.9 cm³/mol. The first-order valence-electron chi connectivity index (χ1n) is 5.31. The third-order valence-electron chi connectivity index (χ3n) is 1.96. The standard InChI is InChI=1S/C10H19N3O3/c1-4-6-8(12-13-10(11)15)7(3)9(14)16-5-2/h7H,4-6H2,1-3H3,(H3,11,13,15). The smallest absolute Gasteiger partial charge is 0.332 e. The van der Waals surface area contributed by atoms with Gasteiger partial charge in [-0.25, -0.2) is 10.2 Å². The fraction of sp³-hybridized carbons (Fsp3) is 0.700. The average molecular weight is 229 g/mol. The van der Waals surface area contributed by atoms with Crippen molar-refractivity contribution in [2.45, 2.75) is 33.6 Å². The number of carbonyl (C=O) groups is 2. The minimum Gasteiger partial charge on any atom is -0.465 e. The molecule has 0 radical (unpaired) electrons. The molecule has 0 heterocycles. The summed E-state index contributed by atoms with van der Waals surface area (Å²) in [5, 5.41) is 3.81. The number of hydrazone groups is 1. The summed E-state index contributed by atoms with van der Waals surface area (Å²) in [7, 11) is 0. The van der Waals surface area contributed by atoms with Crippen molar-refractivity contribution in [3.63, 3.8) is 0 Å². The number of amides is 2. The Bertz CT molecular complexity index is 276. The quantitative estimate of drug-likeness (QED) is 0.404. The van der Waals surface area contributed by atoms with Gasteiger partial charge in [-0.15, -0.1) is 0 Å². The second-order valence-corrected chi connectivity index (χ2v) is 3.30. The largest absolute Gasteiger partial charge is 0.465 e. The summed E-state index contributed by atoms with van der Waals surface area (Å²) < 4.78 is 4.87. The maximum absolute atomic E-state index is 11.5. The Kier molecular flexibility index (Phi) is 6.91. The molecule has 3 N–H and O–H groups in total. The maximum Gasteiger partial charge on any atom is 0.332 e. The van der Waals surface area contributed by atoms with Crippen LogP contribution in [0, 0.1) is 5.92 Å². The van der Waals surface area contributed by atoms with Gasteiger partial charge in [0.2, 0.25) is 0 Å². The maximum atomic E-state index is 11.5. The Balaban J connectivity index is 4.56. The van der Waals surface area contributed by atoms with Gasteiger partial charge in [-0.05, 0) is 20.3 Å². The van der Waals surface area contributed by atoms with Crippen LogP contribution in [-0.4, -0.2) is 24.3 Å². The first kappa shape index (κ1) is 14.4. The van der Waals surface area contributed by atoms with E-state index < -0.39 is 11.9 Å². The van der Waals surface area contributed by atoms with E-state index in [1.165, 1.54) is 0 Å². The number of hydrogen-bond acceptors (Lipinski definition) is 4. The fourth-order valence-corrected chi connectivity index (χ4v) is 1.16. The van der Waals surface area contributed by atoms with Crippen molar-refractivity contribution in [1.29, 1.82) is 0 Å². The van der Waals surface area contributed by atoms with Gasteiger partial charge in [-0.2, -0.15) is 5.10 Å². The lowest BCUT2D eigenvalue weighted by Gasteiger charge is -2.12. The number of carbonyl (C=O) groups excluding carboxylic acids is 2. The molecule has 0 aliphatic rings. The van der Waals surface area contributed by atoms with Crippen LogP contribution in [0.2, 0.25) is 0 Å². The van der Waals surface area contributed by atoms with Gasteiger partial charge in [0.25, 0.3) is 0 Å². The molecule has 6 nitrogen and oxygen atoms in total. The van der Waals surface area contributed by atoms with Gasteiger partial charge in [-0.3, -0.25) is 4.79 Å². The van der Waals surface area contributed by atoms with Gasteiger partial charge in [-0.1, -0.05) is 13.3 Å². The molecule has 0 saturated heterocycles. The minimum absolute atomic E-state index is 0.325. The highest BCUT2D eigenvalue weighted by atomic mass is 16.5. The molecule has 0 aromatic carbocycles. The molecule has 0 aromatic heterocycles. The van der Waals surface area contributed by atoms with Gasteiger partial charge in [0, 0.05) is 0 Å². The number of rotatable bonds is 6. The SMILES string of the molecule is CCCC(=NNC(N)=O)C(C)C(=O)OCC. The zero-order valence-electron chi connectivity index (χ0n) is 9.95. The second kappa shape index (κ2) is 7.67. The molecular formula is C10H19N3O3. The third kappa shape index (κ3) is 5.33. The molecule has 0 aliphatic heterocycles. The molecule has 0 fully saturated rings. The molecular weight excluding hydrogens is 210 g/mol. The van der Waals surface area contributed by atoms with Crippen molar-refractivity contribution in [3.8, 4) is 0 Å². The van der Waals surface area contributed by atoms with Crippen molar-refractivity contribution in [2.75, 3.05) is 6.61 Å². The summed E-state index contributed by atoms with van der Waals surface area (Å²) in [4.78, 5) is 22.0. The molecule has 1 unspecified atom stereocenters. The fourth-order valence-electron chi connectivity index (χ4n) is 1.16. The molecule has 92 valence electrons. The topological polar surface area (TPSA) is 93.8 Å². The van der Waals surface area contributed by atoms with Crippen LogP contribution in [0.15, 0.2) is 5.10 Å². The van der Waals surface area contributed by atoms with Gasteiger partial charge in [0.15, 0.2) is 0 Å². The monoisotopic (exact) mass is 229 g/mol. The highest BCUT2D eigenvalue weighted by molar-refractivity contribution is 6.02. The van der Waals surface area contributed by atoms with Gasteiger partial charge >= 0.3 is 12.0 Å². The zero-order chi connectivity index (χ0) is 12.6. The van der Waals surface area contributed by atoms with Crippen LogP contribution < -0.4 is 11.2 Å². The molecule has 0 rings (SSSR count). The Morgan fingerprint density at radius 2 is 2.06 bits per heavy atom. The lowest BCUT2D eigenvalue weighted by atomic mass is 10.0. The van der Waals surface area contributed by atoms with Gasteiger partial charge in [0.1, 0.15) is 0 Å². The van der Waals surface area contributed by atoms with Gasteiger partial charge in [0.05, 0.1) is 18.2 Å². The van der Waals surface area contributed by atoms with E-state index in [0.29, 0.717) is 18.7 Å². The zero-order valence-corrected chi connectivity index (χ0v) is 9.95. The van der Waals surface area contributed by atoms with Crippen molar-refractivity contribution in [2.24, 2.45) is 16.8 Å². The van der Waals surface area contributed by atoms with E-state index in [1.807, 2.05) is 6.92 Å². The lowest BCUT2D eigenvalue weighted by molar-refractivity contribution is -0.145. The van der Waals surface area contributed by atoms with Crippen LogP contribution in [0.5, 0.6) is 0 Å². The van der Waals surface area contributed by atoms with Crippen LogP contribution in [0.25, 0.3) is 0 Å². The molecule has 0 saturated carbocycles. The Hall–Kier alpha value is -1.59. The van der Waals surface area contributed by atoms with E-state index in [0.717, 1.165) is 6.42 Å². The Morgan fingerprint density at radius 1 is 1.44 bits per heavy atom. The highest BCUT2D eigenvalue weighted by Crippen LogP contribution is 2.07. The molecule has 0 bridgehead atoms. The number of ether oxygens (including phenoxy) is 1. The van der Waals surface area contributed by atoms with Crippen LogP contribution in [0.3, 0.4) is 0 Å². The molecule has 16 heavy (non-hydrogen) atoms. The normalized spacial score (nSPS) is 13.1. The number of primary amides is 1. The van der Waals surface area contributed by atoms with Crippen LogP contribution in [0.4, 0.5) is 4.79 Å². The average Bonchev–Trinajstić information content (AvgIpc) is 2.23. The number of hydrogen-bond donors (Lipinski definition) is 2. The Labute approximate surface area is 95.2 Å². The Morgan fingerprint density at radius 3 is 2.50 bits per heavy atom. The summed E-state index contributed by atoms with van der Waals surface area (Å²) in [6, 6.07) is -0.746. The molecule has 0 aromatic rings. The molecule has 6 heteroatoms. The number of nitrogens with two attached hydrogens (primary N) is 1. The van der Waals surface area contributed by atoms with Crippen LogP contribution >= 0.6 is 0 Å². The summed E-state index contributed by atoms with van der Waals surface area (Å²) in [5.74, 6) is -0.812. The van der Waals surface area contributed by atoms with E-state index >= 15 is 0 Å². The number of esters is 1. The van der Waals surface area contributed by atoms with Crippen LogP contribution in [-0.2, 0) is 9.53 Å². The van der Waals surface area contributed by atoms with Crippen molar-refractivity contribution in [3.05, 3.63) is 0 Å². The number of urea groups is 1. The summed E-state index contributed by atoms with van der Waals surface area (Å²) in [6.45, 7) is 5.71. The highest BCUT2D eigenvalue weighted by Gasteiger charge is 2.20. The van der Waals surface area contributed by atoms with E-state index in [2.05, 4.69) is 10.5 Å². The van der Waals surface area contributed by atoms with Crippen molar-refractivity contribution >= 4 is 17.7 Å². The second-order valence-electron chi connectivity index (χ2n) is 3.30. The molecule has 0 spiro atoms. The van der Waals surface area contributed by atoms with Crippen LogP contribution in [0.1, 0.15) is 33.6 Å². The number of nitrogens with one attached hydrogen (secondary N) is 1. The number of nitrogens with zero attached hydrogens (tertiary/aromatic N) is 1. The summed E-state index contributed by atoms with van der Waals surface area (Å²) in [6.07, 6.45) is 1.43. The van der Waals surface area contributed by atoms with Crippen molar-refractivity contribution < 1.29 is 14.3 Å². The first-order chi connectivity index (χ1) is 7.52.